The Labute approximate surface area is 109 Å². The van der Waals surface area contributed by atoms with Crippen LogP contribution in [-0.4, -0.2) is 11.5 Å². The molecule has 3 heteroatoms. The molecule has 0 saturated heterocycles. The highest BCUT2D eigenvalue weighted by Gasteiger charge is 2.28. The minimum absolute atomic E-state index is 0.434. The first-order valence-electron chi connectivity index (χ1n) is 6.23. The van der Waals surface area contributed by atoms with Crippen molar-refractivity contribution in [3.05, 3.63) is 29.8 Å². The second-order valence-corrected chi connectivity index (χ2v) is 5.72. The Kier molecular flexibility index (Phi) is 3.67. The third-order valence-corrected chi connectivity index (χ3v) is 3.93. The highest BCUT2D eigenvalue weighted by Crippen LogP contribution is 2.37. The van der Waals surface area contributed by atoms with Gasteiger partial charge in [-0.25, -0.2) is 0 Å². The lowest BCUT2D eigenvalue weighted by molar-refractivity contribution is 0.362. The molecular formula is C14H20N2S. The largest absolute Gasteiger partial charge is 0.389 e. The fourth-order valence-corrected chi connectivity index (χ4v) is 2.74. The van der Waals surface area contributed by atoms with Crippen LogP contribution in [0, 0.1) is 5.41 Å². The second-order valence-electron chi connectivity index (χ2n) is 5.28. The fourth-order valence-electron chi connectivity index (χ4n) is 2.57. The van der Waals surface area contributed by atoms with Crippen LogP contribution in [0.15, 0.2) is 24.3 Å². The van der Waals surface area contributed by atoms with Gasteiger partial charge in [0.2, 0.25) is 0 Å². The van der Waals surface area contributed by atoms with Gasteiger partial charge in [-0.2, -0.15) is 0 Å². The van der Waals surface area contributed by atoms with Crippen molar-refractivity contribution in [3.63, 3.8) is 0 Å². The molecule has 0 bridgehead atoms. The van der Waals surface area contributed by atoms with Gasteiger partial charge in [0.25, 0.3) is 0 Å². The van der Waals surface area contributed by atoms with Gasteiger partial charge in [0, 0.05) is 17.8 Å². The van der Waals surface area contributed by atoms with E-state index < -0.39 is 0 Å². The van der Waals surface area contributed by atoms with E-state index in [0.29, 0.717) is 10.4 Å². The summed E-state index contributed by atoms with van der Waals surface area (Å²) in [6.07, 6.45) is 5.34. The van der Waals surface area contributed by atoms with E-state index >= 15 is 0 Å². The van der Waals surface area contributed by atoms with Crippen LogP contribution in [0.1, 0.15) is 38.2 Å². The van der Waals surface area contributed by atoms with E-state index in [-0.39, 0.29) is 0 Å². The average molecular weight is 248 g/mol. The maximum absolute atomic E-state index is 5.72. The topological polar surface area (TPSA) is 38.0 Å². The van der Waals surface area contributed by atoms with E-state index in [4.69, 9.17) is 18.0 Å². The molecule has 92 valence electrons. The summed E-state index contributed by atoms with van der Waals surface area (Å²) < 4.78 is 0. The minimum Gasteiger partial charge on any atom is -0.389 e. The van der Waals surface area contributed by atoms with Crippen LogP contribution in [0.4, 0.5) is 5.69 Å². The molecule has 0 atom stereocenters. The zero-order valence-corrected chi connectivity index (χ0v) is 11.1. The summed E-state index contributed by atoms with van der Waals surface area (Å²) in [5.74, 6) is 0. The molecule has 0 heterocycles. The summed E-state index contributed by atoms with van der Waals surface area (Å²) in [7, 11) is 0. The summed E-state index contributed by atoms with van der Waals surface area (Å²) in [6, 6.07) is 8.01. The van der Waals surface area contributed by atoms with Crippen LogP contribution in [0.25, 0.3) is 0 Å². The minimum atomic E-state index is 0.434. The SMILES string of the molecule is CC1(CNc2ccccc2C(N)=S)CCCC1. The number of nitrogens with one attached hydrogen (secondary N) is 1. The third kappa shape index (κ3) is 2.97. The first kappa shape index (κ1) is 12.4. The van der Waals surface area contributed by atoms with Crippen LogP contribution in [0.2, 0.25) is 0 Å². The van der Waals surface area contributed by atoms with Gasteiger partial charge in [-0.05, 0) is 30.4 Å². The van der Waals surface area contributed by atoms with Crippen molar-refractivity contribution in [3.8, 4) is 0 Å². The monoisotopic (exact) mass is 248 g/mol. The quantitative estimate of drug-likeness (QED) is 0.803. The van der Waals surface area contributed by atoms with Crippen molar-refractivity contribution >= 4 is 22.9 Å². The van der Waals surface area contributed by atoms with Gasteiger partial charge in [-0.15, -0.1) is 0 Å². The van der Waals surface area contributed by atoms with Crippen LogP contribution in [-0.2, 0) is 0 Å². The molecule has 0 aliphatic heterocycles. The smallest absolute Gasteiger partial charge is 0.106 e. The van der Waals surface area contributed by atoms with Crippen molar-refractivity contribution < 1.29 is 0 Å². The molecule has 3 N–H and O–H groups in total. The van der Waals surface area contributed by atoms with Crippen LogP contribution < -0.4 is 11.1 Å². The number of hydrogen-bond donors (Lipinski definition) is 2. The highest BCUT2D eigenvalue weighted by atomic mass is 32.1. The zero-order chi connectivity index (χ0) is 12.3. The lowest BCUT2D eigenvalue weighted by atomic mass is 9.89. The summed E-state index contributed by atoms with van der Waals surface area (Å²) >= 11 is 5.06. The Hall–Kier alpha value is -1.09. The second kappa shape index (κ2) is 5.05. The van der Waals surface area contributed by atoms with E-state index in [2.05, 4.69) is 12.2 Å². The Morgan fingerprint density at radius 1 is 1.35 bits per heavy atom. The van der Waals surface area contributed by atoms with E-state index in [0.717, 1.165) is 17.8 Å². The molecule has 0 spiro atoms. The molecule has 2 nitrogen and oxygen atoms in total. The Morgan fingerprint density at radius 3 is 2.65 bits per heavy atom. The van der Waals surface area contributed by atoms with E-state index in [9.17, 15) is 0 Å². The Morgan fingerprint density at radius 2 is 2.00 bits per heavy atom. The number of para-hydroxylation sites is 1. The van der Waals surface area contributed by atoms with Crippen molar-refractivity contribution in [2.24, 2.45) is 11.1 Å². The standard InChI is InChI=1S/C14H20N2S/c1-14(8-4-5-9-14)10-16-12-7-3-2-6-11(12)13(15)17/h2-3,6-7,16H,4-5,8-10H2,1H3,(H2,15,17). The molecule has 0 unspecified atom stereocenters. The summed E-state index contributed by atoms with van der Waals surface area (Å²) in [6.45, 7) is 3.36. The molecule has 0 radical (unpaired) electrons. The molecule has 1 aliphatic carbocycles. The molecule has 2 rings (SSSR count). The lowest BCUT2D eigenvalue weighted by Gasteiger charge is -2.25. The zero-order valence-electron chi connectivity index (χ0n) is 10.3. The van der Waals surface area contributed by atoms with Gasteiger partial charge in [0.05, 0.1) is 0 Å². The number of anilines is 1. The summed E-state index contributed by atoms with van der Waals surface area (Å²) in [5, 5.41) is 3.51. The van der Waals surface area contributed by atoms with Crippen LogP contribution in [0.5, 0.6) is 0 Å². The van der Waals surface area contributed by atoms with Gasteiger partial charge in [-0.1, -0.05) is 44.1 Å². The van der Waals surface area contributed by atoms with E-state index in [1.165, 1.54) is 25.7 Å². The van der Waals surface area contributed by atoms with Crippen molar-refractivity contribution in [1.29, 1.82) is 0 Å². The third-order valence-electron chi connectivity index (χ3n) is 3.71. The van der Waals surface area contributed by atoms with Gasteiger partial charge in [-0.3, -0.25) is 0 Å². The number of hydrogen-bond acceptors (Lipinski definition) is 2. The first-order chi connectivity index (χ1) is 8.11. The summed E-state index contributed by atoms with van der Waals surface area (Å²) in [5.41, 5.74) is 8.17. The van der Waals surface area contributed by atoms with Gasteiger partial charge >= 0.3 is 0 Å². The number of rotatable bonds is 4. The van der Waals surface area contributed by atoms with Crippen molar-refractivity contribution in [1.82, 2.24) is 0 Å². The molecular weight excluding hydrogens is 228 g/mol. The maximum Gasteiger partial charge on any atom is 0.106 e. The Bertz CT molecular complexity index is 408. The lowest BCUT2D eigenvalue weighted by Crippen LogP contribution is -2.24. The highest BCUT2D eigenvalue weighted by molar-refractivity contribution is 7.80. The van der Waals surface area contributed by atoms with Crippen LogP contribution >= 0.6 is 12.2 Å². The molecule has 1 aromatic rings. The molecule has 1 aliphatic rings. The molecule has 17 heavy (non-hydrogen) atoms. The molecule has 1 saturated carbocycles. The average Bonchev–Trinajstić information content (AvgIpc) is 2.74. The van der Waals surface area contributed by atoms with Gasteiger partial charge in [0.15, 0.2) is 0 Å². The van der Waals surface area contributed by atoms with Crippen molar-refractivity contribution in [2.45, 2.75) is 32.6 Å². The summed E-state index contributed by atoms with van der Waals surface area (Å²) in [4.78, 5) is 0.463. The molecule has 0 amide bonds. The number of benzene rings is 1. The van der Waals surface area contributed by atoms with Crippen LogP contribution in [0.3, 0.4) is 0 Å². The van der Waals surface area contributed by atoms with Crippen molar-refractivity contribution in [2.75, 3.05) is 11.9 Å². The predicted molar refractivity (Wildman–Crippen MR) is 77.4 cm³/mol. The molecule has 0 aromatic heterocycles. The van der Waals surface area contributed by atoms with Gasteiger partial charge in [0.1, 0.15) is 4.99 Å². The molecule has 1 fully saturated rings. The van der Waals surface area contributed by atoms with Gasteiger partial charge < -0.3 is 11.1 Å². The molecule has 1 aromatic carbocycles. The first-order valence-corrected chi connectivity index (χ1v) is 6.64. The predicted octanol–water partition coefficient (Wildman–Crippen LogP) is 3.31. The normalized spacial score (nSPS) is 17.9. The number of thiocarbonyl (C=S) groups is 1. The maximum atomic E-state index is 5.72. The van der Waals surface area contributed by atoms with E-state index in [1.54, 1.807) is 0 Å². The number of nitrogens with two attached hydrogens (primary N) is 1. The van der Waals surface area contributed by atoms with E-state index in [1.807, 2.05) is 24.3 Å². The fraction of sp³-hybridized carbons (Fsp3) is 0.500. The Balaban J connectivity index is 2.06.